The van der Waals surface area contributed by atoms with Crippen LogP contribution in [-0.4, -0.2) is 42.6 Å². The zero-order valence-corrected chi connectivity index (χ0v) is 14.2. The number of rotatable bonds is 4. The second-order valence-electron chi connectivity index (χ2n) is 5.62. The Bertz CT molecular complexity index is 635. The molecule has 2 aromatic rings. The van der Waals surface area contributed by atoms with Gasteiger partial charge in [0.1, 0.15) is 6.61 Å². The van der Waals surface area contributed by atoms with Gasteiger partial charge in [-0.05, 0) is 31.0 Å². The highest BCUT2D eigenvalue weighted by Crippen LogP contribution is 2.26. The van der Waals surface area contributed by atoms with Crippen molar-refractivity contribution in [2.45, 2.75) is 20.5 Å². The molecule has 0 atom stereocenters. The number of nitrogens with zero attached hydrogens (tertiary/aromatic N) is 4. The van der Waals surface area contributed by atoms with Crippen molar-refractivity contribution in [3.63, 3.8) is 0 Å². The average Bonchev–Trinajstić information content (AvgIpc) is 2.99. The lowest BCUT2D eigenvalue weighted by Gasteiger charge is -2.36. The largest absolute Gasteiger partial charge is 0.377 e. The van der Waals surface area contributed by atoms with Crippen LogP contribution in [0.4, 0.5) is 10.8 Å². The van der Waals surface area contributed by atoms with Crippen molar-refractivity contribution in [3.05, 3.63) is 35.2 Å². The first-order valence-electron chi connectivity index (χ1n) is 7.56. The number of aryl methyl sites for hydroxylation is 1. The summed E-state index contributed by atoms with van der Waals surface area (Å²) in [5, 5.41) is 1.01. The van der Waals surface area contributed by atoms with Gasteiger partial charge < -0.3 is 14.5 Å². The lowest BCUT2D eigenvalue weighted by atomic mass is 10.1. The van der Waals surface area contributed by atoms with Gasteiger partial charge in [-0.2, -0.15) is 4.37 Å². The lowest BCUT2D eigenvalue weighted by molar-refractivity contribution is 0.179. The maximum atomic E-state index is 5.08. The minimum absolute atomic E-state index is 0.485. The van der Waals surface area contributed by atoms with E-state index in [1.807, 2.05) is 0 Å². The molecule has 5 nitrogen and oxygen atoms in total. The fourth-order valence-corrected chi connectivity index (χ4v) is 3.50. The normalized spacial score (nSPS) is 15.4. The fourth-order valence-electron chi connectivity index (χ4n) is 2.78. The van der Waals surface area contributed by atoms with Gasteiger partial charge in [-0.15, -0.1) is 0 Å². The smallest absolute Gasteiger partial charge is 0.205 e. The number of benzene rings is 1. The van der Waals surface area contributed by atoms with Crippen LogP contribution in [0.25, 0.3) is 0 Å². The summed E-state index contributed by atoms with van der Waals surface area (Å²) in [6.07, 6.45) is 0. The minimum Gasteiger partial charge on any atom is -0.377 e. The molecule has 0 bridgehead atoms. The topological polar surface area (TPSA) is 41.5 Å². The van der Waals surface area contributed by atoms with E-state index >= 15 is 0 Å². The van der Waals surface area contributed by atoms with E-state index in [0.717, 1.165) is 37.1 Å². The van der Waals surface area contributed by atoms with Gasteiger partial charge in [0, 0.05) is 50.5 Å². The van der Waals surface area contributed by atoms with Crippen molar-refractivity contribution in [3.8, 4) is 0 Å². The summed E-state index contributed by atoms with van der Waals surface area (Å²) in [7, 11) is 1.67. The zero-order chi connectivity index (χ0) is 15.5. The predicted molar refractivity (Wildman–Crippen MR) is 91.0 cm³/mol. The van der Waals surface area contributed by atoms with Crippen LogP contribution in [0.5, 0.6) is 0 Å². The molecule has 118 valence electrons. The molecule has 0 N–H and O–H groups in total. The Morgan fingerprint density at radius 2 is 1.86 bits per heavy atom. The van der Waals surface area contributed by atoms with E-state index in [-0.39, 0.29) is 0 Å². The molecule has 6 heteroatoms. The summed E-state index contributed by atoms with van der Waals surface area (Å²) in [6.45, 7) is 8.86. The Morgan fingerprint density at radius 1 is 1.14 bits per heavy atom. The highest BCUT2D eigenvalue weighted by Gasteiger charge is 2.21. The van der Waals surface area contributed by atoms with Gasteiger partial charge in [-0.1, -0.05) is 12.1 Å². The molecule has 1 aromatic heterocycles. The van der Waals surface area contributed by atoms with Crippen LogP contribution < -0.4 is 9.80 Å². The molecule has 1 aliphatic rings. The monoisotopic (exact) mass is 318 g/mol. The summed E-state index contributed by atoms with van der Waals surface area (Å²) < 4.78 is 9.42. The Hall–Kier alpha value is -1.66. The molecule has 0 radical (unpaired) electrons. The maximum Gasteiger partial charge on any atom is 0.205 e. The van der Waals surface area contributed by atoms with E-state index in [4.69, 9.17) is 4.74 Å². The Labute approximate surface area is 135 Å². The molecule has 0 amide bonds. The third kappa shape index (κ3) is 3.08. The van der Waals surface area contributed by atoms with Crippen LogP contribution in [0.15, 0.2) is 18.2 Å². The summed E-state index contributed by atoms with van der Waals surface area (Å²) >= 11 is 1.46. The van der Waals surface area contributed by atoms with Crippen LogP contribution in [-0.2, 0) is 11.3 Å². The molecular formula is C16H22N4OS. The number of aromatic nitrogens is 2. The van der Waals surface area contributed by atoms with Crippen LogP contribution in [0.3, 0.4) is 0 Å². The first kappa shape index (κ1) is 15.2. The second-order valence-corrected chi connectivity index (χ2v) is 6.35. The molecule has 2 heterocycles. The van der Waals surface area contributed by atoms with E-state index < -0.39 is 0 Å². The predicted octanol–water partition coefficient (Wildman–Crippen LogP) is 2.63. The highest BCUT2D eigenvalue weighted by atomic mass is 32.1. The summed E-state index contributed by atoms with van der Waals surface area (Å²) in [6, 6.07) is 6.54. The zero-order valence-electron chi connectivity index (χ0n) is 13.4. The number of ether oxygens (including phenoxy) is 1. The second kappa shape index (κ2) is 6.62. The highest BCUT2D eigenvalue weighted by molar-refractivity contribution is 7.09. The number of piperazine rings is 1. The molecule has 1 saturated heterocycles. The molecule has 0 saturated carbocycles. The van der Waals surface area contributed by atoms with E-state index in [2.05, 4.69) is 51.2 Å². The fraction of sp³-hybridized carbons (Fsp3) is 0.500. The van der Waals surface area contributed by atoms with Gasteiger partial charge in [0.2, 0.25) is 5.13 Å². The molecular weight excluding hydrogens is 296 g/mol. The molecule has 1 fully saturated rings. The number of hydrogen-bond donors (Lipinski definition) is 0. The van der Waals surface area contributed by atoms with Gasteiger partial charge in [0.05, 0.1) is 0 Å². The van der Waals surface area contributed by atoms with Crippen molar-refractivity contribution < 1.29 is 4.74 Å². The standard InChI is InChI=1S/C16H22N4OS/c1-12-5-4-6-14(13(12)2)19-7-9-20(10-8-19)16-17-15(11-21-3)18-22-16/h4-6H,7-11H2,1-3H3. The number of anilines is 2. The Morgan fingerprint density at radius 3 is 2.59 bits per heavy atom. The Balaban J connectivity index is 1.65. The quantitative estimate of drug-likeness (QED) is 0.867. The molecule has 1 aliphatic heterocycles. The van der Waals surface area contributed by atoms with Crippen molar-refractivity contribution >= 4 is 22.4 Å². The maximum absolute atomic E-state index is 5.08. The van der Waals surface area contributed by atoms with E-state index in [9.17, 15) is 0 Å². The summed E-state index contributed by atoms with van der Waals surface area (Å²) in [5.74, 6) is 0.777. The minimum atomic E-state index is 0.485. The van der Waals surface area contributed by atoms with Gasteiger partial charge in [0.25, 0.3) is 0 Å². The van der Waals surface area contributed by atoms with Gasteiger partial charge in [-0.3, -0.25) is 0 Å². The van der Waals surface area contributed by atoms with Crippen molar-refractivity contribution in [2.75, 3.05) is 43.1 Å². The van der Waals surface area contributed by atoms with Crippen molar-refractivity contribution in [1.82, 2.24) is 9.36 Å². The Kier molecular flexibility index (Phi) is 4.59. The molecule has 3 rings (SSSR count). The van der Waals surface area contributed by atoms with Crippen molar-refractivity contribution in [1.29, 1.82) is 0 Å². The van der Waals surface area contributed by atoms with Crippen LogP contribution in [0.2, 0.25) is 0 Å². The number of hydrogen-bond acceptors (Lipinski definition) is 6. The summed E-state index contributed by atoms with van der Waals surface area (Å²) in [5.41, 5.74) is 4.10. The lowest BCUT2D eigenvalue weighted by Crippen LogP contribution is -2.46. The summed E-state index contributed by atoms with van der Waals surface area (Å²) in [4.78, 5) is 9.33. The van der Waals surface area contributed by atoms with Gasteiger partial charge in [-0.25, -0.2) is 4.98 Å². The van der Waals surface area contributed by atoms with Crippen LogP contribution in [0.1, 0.15) is 17.0 Å². The van der Waals surface area contributed by atoms with Crippen LogP contribution >= 0.6 is 11.5 Å². The first-order chi connectivity index (χ1) is 10.7. The van der Waals surface area contributed by atoms with E-state index in [1.165, 1.54) is 28.3 Å². The van der Waals surface area contributed by atoms with Gasteiger partial charge >= 0.3 is 0 Å². The molecule has 1 aromatic carbocycles. The molecule has 0 spiro atoms. The third-order valence-corrected chi connectivity index (χ3v) is 5.01. The van der Waals surface area contributed by atoms with Gasteiger partial charge in [0.15, 0.2) is 5.82 Å². The molecule has 22 heavy (non-hydrogen) atoms. The molecule has 0 aliphatic carbocycles. The van der Waals surface area contributed by atoms with Crippen LogP contribution in [0, 0.1) is 13.8 Å². The third-order valence-electron chi connectivity index (χ3n) is 4.20. The SMILES string of the molecule is COCc1nsc(N2CCN(c3cccc(C)c3C)CC2)n1. The first-order valence-corrected chi connectivity index (χ1v) is 8.34. The average molecular weight is 318 g/mol. The molecule has 0 unspecified atom stereocenters. The van der Waals surface area contributed by atoms with Crippen molar-refractivity contribution in [2.24, 2.45) is 0 Å². The van der Waals surface area contributed by atoms with E-state index in [1.54, 1.807) is 7.11 Å². The number of methoxy groups -OCH3 is 1. The van der Waals surface area contributed by atoms with E-state index in [0.29, 0.717) is 6.61 Å².